The summed E-state index contributed by atoms with van der Waals surface area (Å²) >= 11 is 0. The smallest absolute Gasteiger partial charge is 0.319 e. The van der Waals surface area contributed by atoms with Crippen molar-refractivity contribution in [2.24, 2.45) is 5.41 Å². The lowest BCUT2D eigenvalue weighted by atomic mass is 9.88. The van der Waals surface area contributed by atoms with Gasteiger partial charge in [-0.05, 0) is 39.0 Å². The predicted octanol–water partition coefficient (Wildman–Crippen LogP) is 2.18. The highest BCUT2D eigenvalue weighted by Crippen LogP contribution is 2.22. The third-order valence-corrected chi connectivity index (χ3v) is 2.93. The van der Waals surface area contributed by atoms with Gasteiger partial charge >= 0.3 is 5.97 Å². The first-order valence-corrected chi connectivity index (χ1v) is 6.41. The van der Waals surface area contributed by atoms with E-state index < -0.39 is 29.6 Å². The molecule has 0 unspecified atom stereocenters. The van der Waals surface area contributed by atoms with Crippen molar-refractivity contribution >= 4 is 18.0 Å². The molecular weight excluding hydrogens is 279 g/mol. The highest BCUT2D eigenvalue weighted by atomic mass is 19.1. The van der Waals surface area contributed by atoms with Gasteiger partial charge in [0, 0.05) is 5.56 Å². The monoisotopic (exact) mass is 296 g/mol. The zero-order valence-corrected chi connectivity index (χ0v) is 12.1. The number of hydrogen-bond donors (Lipinski definition) is 0. The molecule has 0 fully saturated rings. The SMILES string of the molecule is CCOC(=O)C(C)(C)C(=O)COc1ccc(C=O)cc1F. The van der Waals surface area contributed by atoms with Gasteiger partial charge in [-0.3, -0.25) is 14.4 Å². The Bertz CT molecular complexity index is 551. The van der Waals surface area contributed by atoms with Gasteiger partial charge in [0.2, 0.25) is 0 Å². The average molecular weight is 296 g/mol. The van der Waals surface area contributed by atoms with Crippen LogP contribution >= 0.6 is 0 Å². The second-order valence-electron chi connectivity index (χ2n) is 4.87. The molecular formula is C15H17FO5. The van der Waals surface area contributed by atoms with Gasteiger partial charge in [-0.1, -0.05) is 0 Å². The molecule has 6 heteroatoms. The quantitative estimate of drug-likeness (QED) is 0.438. The maximum Gasteiger partial charge on any atom is 0.319 e. The third kappa shape index (κ3) is 4.11. The number of carbonyl (C=O) groups is 3. The summed E-state index contributed by atoms with van der Waals surface area (Å²) in [5.41, 5.74) is -1.20. The molecule has 1 rings (SSSR count). The van der Waals surface area contributed by atoms with Gasteiger partial charge < -0.3 is 9.47 Å². The van der Waals surface area contributed by atoms with Crippen LogP contribution in [0.1, 0.15) is 31.1 Å². The van der Waals surface area contributed by atoms with Crippen molar-refractivity contribution in [2.75, 3.05) is 13.2 Å². The molecule has 0 N–H and O–H groups in total. The molecule has 0 aliphatic carbocycles. The standard InChI is InChI=1S/C15H17FO5/c1-4-20-14(19)15(2,3)13(18)9-21-12-6-5-10(8-17)7-11(12)16/h5-8H,4,9H2,1-3H3. The number of ketones is 1. The molecule has 114 valence electrons. The predicted molar refractivity (Wildman–Crippen MR) is 72.7 cm³/mol. The summed E-state index contributed by atoms with van der Waals surface area (Å²) < 4.78 is 23.4. The van der Waals surface area contributed by atoms with E-state index >= 15 is 0 Å². The van der Waals surface area contributed by atoms with Crippen molar-refractivity contribution in [1.29, 1.82) is 0 Å². The Morgan fingerprint density at radius 1 is 1.33 bits per heavy atom. The highest BCUT2D eigenvalue weighted by molar-refractivity contribution is 6.03. The lowest BCUT2D eigenvalue weighted by Gasteiger charge is -2.20. The fraction of sp³-hybridized carbons (Fsp3) is 0.400. The topological polar surface area (TPSA) is 69.7 Å². The van der Waals surface area contributed by atoms with Crippen LogP contribution in [0.4, 0.5) is 4.39 Å². The van der Waals surface area contributed by atoms with Crippen molar-refractivity contribution in [3.05, 3.63) is 29.6 Å². The maximum absolute atomic E-state index is 13.6. The van der Waals surface area contributed by atoms with E-state index in [0.717, 1.165) is 6.07 Å². The van der Waals surface area contributed by atoms with Crippen LogP contribution in [-0.2, 0) is 14.3 Å². The van der Waals surface area contributed by atoms with Crippen LogP contribution in [0.5, 0.6) is 5.75 Å². The molecule has 0 amide bonds. The van der Waals surface area contributed by atoms with Crippen molar-refractivity contribution in [2.45, 2.75) is 20.8 Å². The Morgan fingerprint density at radius 2 is 2.00 bits per heavy atom. The van der Waals surface area contributed by atoms with Gasteiger partial charge in [0.15, 0.2) is 17.3 Å². The van der Waals surface area contributed by atoms with E-state index in [1.165, 1.54) is 26.0 Å². The number of ether oxygens (including phenoxy) is 2. The van der Waals surface area contributed by atoms with Crippen LogP contribution in [0.15, 0.2) is 18.2 Å². The van der Waals surface area contributed by atoms with Crippen LogP contribution in [0.25, 0.3) is 0 Å². The average Bonchev–Trinajstić information content (AvgIpc) is 2.45. The third-order valence-electron chi connectivity index (χ3n) is 2.93. The Labute approximate surface area is 122 Å². The fourth-order valence-corrected chi connectivity index (χ4v) is 1.46. The molecule has 21 heavy (non-hydrogen) atoms. The molecule has 0 saturated carbocycles. The van der Waals surface area contributed by atoms with E-state index in [1.807, 2.05) is 0 Å². The normalized spacial score (nSPS) is 10.9. The van der Waals surface area contributed by atoms with E-state index in [-0.39, 0.29) is 17.9 Å². The number of halogens is 1. The van der Waals surface area contributed by atoms with E-state index in [0.29, 0.717) is 6.29 Å². The van der Waals surface area contributed by atoms with Crippen molar-refractivity contribution < 1.29 is 28.2 Å². The Morgan fingerprint density at radius 3 is 2.52 bits per heavy atom. The van der Waals surface area contributed by atoms with Gasteiger partial charge in [0.05, 0.1) is 6.61 Å². The van der Waals surface area contributed by atoms with E-state index in [9.17, 15) is 18.8 Å². The second-order valence-corrected chi connectivity index (χ2v) is 4.87. The van der Waals surface area contributed by atoms with Crippen molar-refractivity contribution in [3.63, 3.8) is 0 Å². The van der Waals surface area contributed by atoms with E-state index in [1.54, 1.807) is 6.92 Å². The van der Waals surface area contributed by atoms with Crippen LogP contribution in [-0.4, -0.2) is 31.3 Å². The largest absolute Gasteiger partial charge is 0.483 e. The number of carbonyl (C=O) groups excluding carboxylic acids is 3. The lowest BCUT2D eigenvalue weighted by Crippen LogP contribution is -2.38. The van der Waals surface area contributed by atoms with Gasteiger partial charge in [-0.15, -0.1) is 0 Å². The molecule has 0 heterocycles. The number of esters is 1. The van der Waals surface area contributed by atoms with Gasteiger partial charge in [0.1, 0.15) is 18.3 Å². The number of aldehydes is 1. The van der Waals surface area contributed by atoms with Gasteiger partial charge in [-0.2, -0.15) is 0 Å². The minimum atomic E-state index is -1.37. The summed E-state index contributed by atoms with van der Waals surface area (Å²) in [7, 11) is 0. The Kier molecular flexibility index (Phi) is 5.58. The van der Waals surface area contributed by atoms with E-state index in [4.69, 9.17) is 9.47 Å². The molecule has 0 spiro atoms. The second kappa shape index (κ2) is 6.97. The van der Waals surface area contributed by atoms with E-state index in [2.05, 4.69) is 0 Å². The molecule has 0 radical (unpaired) electrons. The summed E-state index contributed by atoms with van der Waals surface area (Å²) in [6.45, 7) is 4.17. The molecule has 0 bridgehead atoms. The first-order valence-electron chi connectivity index (χ1n) is 6.41. The Balaban J connectivity index is 2.72. The number of hydrogen-bond acceptors (Lipinski definition) is 5. The molecule has 0 saturated heterocycles. The lowest BCUT2D eigenvalue weighted by molar-refractivity contribution is -0.158. The number of rotatable bonds is 7. The molecule has 0 aliphatic rings. The first-order chi connectivity index (χ1) is 9.82. The summed E-state index contributed by atoms with van der Waals surface area (Å²) in [6, 6.07) is 3.62. The van der Waals surface area contributed by atoms with Gasteiger partial charge in [0.25, 0.3) is 0 Å². The molecule has 1 aromatic rings. The minimum Gasteiger partial charge on any atom is -0.483 e. The molecule has 5 nitrogen and oxygen atoms in total. The molecule has 0 aliphatic heterocycles. The Hall–Kier alpha value is -2.24. The zero-order valence-electron chi connectivity index (χ0n) is 12.1. The van der Waals surface area contributed by atoms with Crippen molar-refractivity contribution in [3.8, 4) is 5.75 Å². The summed E-state index contributed by atoms with van der Waals surface area (Å²) in [5.74, 6) is -2.09. The number of benzene rings is 1. The zero-order chi connectivity index (χ0) is 16.0. The maximum atomic E-state index is 13.6. The summed E-state index contributed by atoms with van der Waals surface area (Å²) in [4.78, 5) is 34.1. The number of Topliss-reactive ketones (excluding diaryl/α,β-unsaturated/α-hetero) is 1. The van der Waals surface area contributed by atoms with Crippen LogP contribution in [0.3, 0.4) is 0 Å². The van der Waals surface area contributed by atoms with Crippen molar-refractivity contribution in [1.82, 2.24) is 0 Å². The molecule has 1 aromatic carbocycles. The van der Waals surface area contributed by atoms with Crippen LogP contribution < -0.4 is 4.74 Å². The van der Waals surface area contributed by atoms with Crippen LogP contribution in [0.2, 0.25) is 0 Å². The summed E-state index contributed by atoms with van der Waals surface area (Å²) in [6.07, 6.45) is 0.502. The van der Waals surface area contributed by atoms with Gasteiger partial charge in [-0.25, -0.2) is 4.39 Å². The van der Waals surface area contributed by atoms with Crippen LogP contribution in [0, 0.1) is 11.2 Å². The fourth-order valence-electron chi connectivity index (χ4n) is 1.46. The summed E-state index contributed by atoms with van der Waals surface area (Å²) in [5, 5.41) is 0. The molecule has 0 aromatic heterocycles. The minimum absolute atomic E-state index is 0.159. The first kappa shape index (κ1) is 16.8. The highest BCUT2D eigenvalue weighted by Gasteiger charge is 2.37. The molecule has 0 atom stereocenters.